The van der Waals surface area contributed by atoms with Crippen LogP contribution in [0.5, 0.6) is 0 Å². The third-order valence-electron chi connectivity index (χ3n) is 2.61. The molecule has 0 bridgehead atoms. The Bertz CT molecular complexity index is 543. The highest BCUT2D eigenvalue weighted by molar-refractivity contribution is 7.92. The van der Waals surface area contributed by atoms with Crippen molar-refractivity contribution in [3.05, 3.63) is 30.1 Å². The molecule has 0 aromatic heterocycles. The normalized spacial score (nSPS) is 13.0. The van der Waals surface area contributed by atoms with E-state index in [0.29, 0.717) is 0 Å². The average molecular weight is 287 g/mol. The quantitative estimate of drug-likeness (QED) is 0.869. The Morgan fingerprint density at radius 2 is 2.11 bits per heavy atom. The lowest BCUT2D eigenvalue weighted by Crippen LogP contribution is -2.36. The molecule has 1 amide bonds. The Labute approximate surface area is 112 Å². The van der Waals surface area contributed by atoms with E-state index >= 15 is 0 Å². The van der Waals surface area contributed by atoms with Crippen LogP contribution >= 0.6 is 0 Å². The summed E-state index contributed by atoms with van der Waals surface area (Å²) in [6.07, 6.45) is 1.68. The summed E-state index contributed by atoms with van der Waals surface area (Å²) in [6, 6.07) is 4.59. The SMILES string of the molecule is CCCC(C)NC(=O)CS(=O)(=O)c1cccc(F)c1. The number of sulfone groups is 1. The predicted molar refractivity (Wildman–Crippen MR) is 71.0 cm³/mol. The van der Waals surface area contributed by atoms with Crippen LogP contribution in [0.25, 0.3) is 0 Å². The Morgan fingerprint density at radius 3 is 2.68 bits per heavy atom. The highest BCUT2D eigenvalue weighted by Gasteiger charge is 2.20. The zero-order valence-electron chi connectivity index (χ0n) is 11.0. The number of halogens is 1. The van der Waals surface area contributed by atoms with Gasteiger partial charge in [0.2, 0.25) is 5.91 Å². The molecule has 106 valence electrons. The molecule has 1 rings (SSSR count). The summed E-state index contributed by atoms with van der Waals surface area (Å²) >= 11 is 0. The lowest BCUT2D eigenvalue weighted by Gasteiger charge is -2.12. The second kappa shape index (κ2) is 6.65. The Hall–Kier alpha value is -1.43. The highest BCUT2D eigenvalue weighted by Crippen LogP contribution is 2.12. The fourth-order valence-corrected chi connectivity index (χ4v) is 2.91. The monoisotopic (exact) mass is 287 g/mol. The van der Waals surface area contributed by atoms with Crippen LogP contribution in [-0.2, 0) is 14.6 Å². The van der Waals surface area contributed by atoms with E-state index in [2.05, 4.69) is 5.32 Å². The largest absolute Gasteiger partial charge is 0.353 e. The molecule has 1 atom stereocenters. The highest BCUT2D eigenvalue weighted by atomic mass is 32.2. The van der Waals surface area contributed by atoms with E-state index in [0.717, 1.165) is 25.0 Å². The number of benzene rings is 1. The second-order valence-electron chi connectivity index (χ2n) is 4.47. The molecule has 0 fully saturated rings. The number of hydrogen-bond donors (Lipinski definition) is 1. The molecule has 1 unspecified atom stereocenters. The standard InChI is InChI=1S/C13H18FNO3S/c1-3-5-10(2)15-13(16)9-19(17,18)12-7-4-6-11(14)8-12/h4,6-8,10H,3,5,9H2,1-2H3,(H,15,16). The van der Waals surface area contributed by atoms with E-state index in [9.17, 15) is 17.6 Å². The zero-order chi connectivity index (χ0) is 14.5. The molecule has 1 aromatic carbocycles. The van der Waals surface area contributed by atoms with Gasteiger partial charge in [0, 0.05) is 6.04 Å². The third-order valence-corrected chi connectivity index (χ3v) is 4.22. The molecule has 0 aliphatic rings. The van der Waals surface area contributed by atoms with Gasteiger partial charge in [-0.25, -0.2) is 12.8 Å². The van der Waals surface area contributed by atoms with Gasteiger partial charge < -0.3 is 5.32 Å². The van der Waals surface area contributed by atoms with Gasteiger partial charge in [0.15, 0.2) is 9.84 Å². The van der Waals surface area contributed by atoms with Gasteiger partial charge in [0.1, 0.15) is 11.6 Å². The van der Waals surface area contributed by atoms with Crippen LogP contribution in [0, 0.1) is 5.82 Å². The number of carbonyl (C=O) groups excluding carboxylic acids is 1. The minimum Gasteiger partial charge on any atom is -0.353 e. The van der Waals surface area contributed by atoms with Gasteiger partial charge in [-0.1, -0.05) is 19.4 Å². The van der Waals surface area contributed by atoms with Crippen LogP contribution in [0.15, 0.2) is 29.2 Å². The van der Waals surface area contributed by atoms with E-state index in [1.807, 2.05) is 13.8 Å². The van der Waals surface area contributed by atoms with Crippen molar-refractivity contribution in [2.75, 3.05) is 5.75 Å². The zero-order valence-corrected chi connectivity index (χ0v) is 11.8. The van der Waals surface area contributed by atoms with Gasteiger partial charge in [0.25, 0.3) is 0 Å². The van der Waals surface area contributed by atoms with E-state index in [4.69, 9.17) is 0 Å². The molecule has 0 aliphatic heterocycles. The summed E-state index contributed by atoms with van der Waals surface area (Å²) in [5.74, 6) is -1.86. The van der Waals surface area contributed by atoms with Crippen LogP contribution in [0.4, 0.5) is 4.39 Å². The molecular weight excluding hydrogens is 269 g/mol. The van der Waals surface area contributed by atoms with Gasteiger partial charge in [-0.3, -0.25) is 4.79 Å². The molecular formula is C13H18FNO3S. The van der Waals surface area contributed by atoms with Crippen LogP contribution in [0.1, 0.15) is 26.7 Å². The number of nitrogens with one attached hydrogen (secondary N) is 1. The Morgan fingerprint density at radius 1 is 1.42 bits per heavy atom. The molecule has 1 N–H and O–H groups in total. The van der Waals surface area contributed by atoms with Crippen molar-refractivity contribution in [1.29, 1.82) is 0 Å². The summed E-state index contributed by atoms with van der Waals surface area (Å²) in [5.41, 5.74) is 0. The van der Waals surface area contributed by atoms with Gasteiger partial charge in [0.05, 0.1) is 4.90 Å². The minimum absolute atomic E-state index is 0.0693. The summed E-state index contributed by atoms with van der Waals surface area (Å²) in [4.78, 5) is 11.4. The fourth-order valence-electron chi connectivity index (χ4n) is 1.74. The molecule has 0 radical (unpaired) electrons. The van der Waals surface area contributed by atoms with Crippen molar-refractivity contribution in [3.63, 3.8) is 0 Å². The van der Waals surface area contributed by atoms with Gasteiger partial charge in [-0.2, -0.15) is 0 Å². The molecule has 0 aliphatic carbocycles. The third kappa shape index (κ3) is 4.98. The van der Waals surface area contributed by atoms with Gasteiger partial charge in [-0.15, -0.1) is 0 Å². The first-order chi connectivity index (χ1) is 8.85. The number of amides is 1. The lowest BCUT2D eigenvalue weighted by molar-refractivity contribution is -0.119. The van der Waals surface area contributed by atoms with Crippen LogP contribution in [0.2, 0.25) is 0 Å². The van der Waals surface area contributed by atoms with Crippen LogP contribution in [-0.4, -0.2) is 26.1 Å². The van der Waals surface area contributed by atoms with Gasteiger partial charge in [-0.05, 0) is 31.5 Å². The minimum atomic E-state index is -3.79. The van der Waals surface area contributed by atoms with Crippen LogP contribution in [0.3, 0.4) is 0 Å². The van der Waals surface area contributed by atoms with Crippen molar-refractivity contribution < 1.29 is 17.6 Å². The van der Waals surface area contributed by atoms with E-state index in [1.54, 1.807) is 0 Å². The van der Waals surface area contributed by atoms with E-state index in [-0.39, 0.29) is 10.9 Å². The first-order valence-corrected chi connectivity index (χ1v) is 7.78. The summed E-state index contributed by atoms with van der Waals surface area (Å²) in [7, 11) is -3.79. The number of carbonyl (C=O) groups is 1. The lowest BCUT2D eigenvalue weighted by atomic mass is 10.2. The van der Waals surface area contributed by atoms with E-state index in [1.165, 1.54) is 12.1 Å². The van der Waals surface area contributed by atoms with Crippen molar-refractivity contribution in [2.45, 2.75) is 37.6 Å². The average Bonchev–Trinajstić information content (AvgIpc) is 2.28. The maximum absolute atomic E-state index is 13.0. The number of hydrogen-bond acceptors (Lipinski definition) is 3. The molecule has 19 heavy (non-hydrogen) atoms. The summed E-state index contributed by atoms with van der Waals surface area (Å²) in [6.45, 7) is 3.79. The Balaban J connectivity index is 2.72. The second-order valence-corrected chi connectivity index (χ2v) is 6.46. The van der Waals surface area contributed by atoms with Crippen molar-refractivity contribution in [1.82, 2.24) is 5.32 Å². The van der Waals surface area contributed by atoms with Crippen molar-refractivity contribution in [2.24, 2.45) is 0 Å². The predicted octanol–water partition coefficient (Wildman–Crippen LogP) is 1.90. The van der Waals surface area contributed by atoms with Gasteiger partial charge >= 0.3 is 0 Å². The summed E-state index contributed by atoms with van der Waals surface area (Å²) < 4.78 is 36.8. The summed E-state index contributed by atoms with van der Waals surface area (Å²) in [5, 5.41) is 2.61. The molecule has 6 heteroatoms. The van der Waals surface area contributed by atoms with Crippen LogP contribution < -0.4 is 5.32 Å². The smallest absolute Gasteiger partial charge is 0.235 e. The van der Waals surface area contributed by atoms with Crippen molar-refractivity contribution in [3.8, 4) is 0 Å². The molecule has 4 nitrogen and oxygen atoms in total. The molecule has 0 spiro atoms. The first kappa shape index (κ1) is 15.6. The first-order valence-electron chi connectivity index (χ1n) is 6.13. The molecule has 0 heterocycles. The fraction of sp³-hybridized carbons (Fsp3) is 0.462. The molecule has 1 aromatic rings. The van der Waals surface area contributed by atoms with Crippen molar-refractivity contribution >= 4 is 15.7 Å². The maximum atomic E-state index is 13.0. The number of rotatable bonds is 6. The molecule has 0 saturated heterocycles. The van der Waals surface area contributed by atoms with E-state index < -0.39 is 27.3 Å². The Kier molecular flexibility index (Phi) is 5.47. The topological polar surface area (TPSA) is 63.2 Å². The molecule has 0 saturated carbocycles. The maximum Gasteiger partial charge on any atom is 0.235 e.